The van der Waals surface area contributed by atoms with Gasteiger partial charge in [-0.05, 0) is 30.7 Å². The molecular weight excluding hydrogens is 340 g/mol. The van der Waals surface area contributed by atoms with E-state index in [9.17, 15) is 10.1 Å². The van der Waals surface area contributed by atoms with Gasteiger partial charge in [0.15, 0.2) is 0 Å². The van der Waals surface area contributed by atoms with Crippen molar-refractivity contribution in [2.45, 2.75) is 6.92 Å². The zero-order valence-corrected chi connectivity index (χ0v) is 13.7. The van der Waals surface area contributed by atoms with E-state index in [2.05, 4.69) is 15.3 Å². The lowest BCUT2D eigenvalue weighted by molar-refractivity contribution is -0.384. The van der Waals surface area contributed by atoms with Gasteiger partial charge in [-0.15, -0.1) is 11.3 Å². The Bertz CT molecular complexity index is 912. The minimum absolute atomic E-state index is 0.0498. The van der Waals surface area contributed by atoms with Crippen molar-refractivity contribution in [3.63, 3.8) is 0 Å². The maximum atomic E-state index is 11.0. The summed E-state index contributed by atoms with van der Waals surface area (Å²) in [6, 6.07) is 6.23. The monoisotopic (exact) mass is 350 g/mol. The van der Waals surface area contributed by atoms with E-state index >= 15 is 0 Å². The molecule has 0 atom stereocenters. The van der Waals surface area contributed by atoms with Gasteiger partial charge in [-0.2, -0.15) is 4.98 Å². The summed E-state index contributed by atoms with van der Waals surface area (Å²) in [5.74, 6) is 0.939. The first-order valence-electron chi connectivity index (χ1n) is 6.51. The Hall–Kier alpha value is -2.45. The van der Waals surface area contributed by atoms with Gasteiger partial charge in [0.2, 0.25) is 5.28 Å². The molecule has 0 spiro atoms. The van der Waals surface area contributed by atoms with E-state index in [0.29, 0.717) is 17.3 Å². The number of nitro groups is 1. The summed E-state index contributed by atoms with van der Waals surface area (Å²) in [7, 11) is 1.49. The average molecular weight is 351 g/mol. The van der Waals surface area contributed by atoms with Gasteiger partial charge in [0.25, 0.3) is 5.69 Å². The van der Waals surface area contributed by atoms with Crippen LogP contribution in [-0.4, -0.2) is 22.0 Å². The van der Waals surface area contributed by atoms with Crippen LogP contribution in [0.4, 0.5) is 17.2 Å². The van der Waals surface area contributed by atoms with Crippen molar-refractivity contribution in [3.05, 3.63) is 44.5 Å². The number of fused-ring (bicyclic) bond motifs is 1. The number of methoxy groups -OCH3 is 1. The number of thiophene rings is 1. The van der Waals surface area contributed by atoms with Crippen molar-refractivity contribution in [1.29, 1.82) is 0 Å². The lowest BCUT2D eigenvalue weighted by Gasteiger charge is -2.11. The Morgan fingerprint density at radius 2 is 2.13 bits per heavy atom. The quantitative estimate of drug-likeness (QED) is 0.428. The molecule has 0 bridgehead atoms. The van der Waals surface area contributed by atoms with E-state index in [4.69, 9.17) is 16.3 Å². The van der Waals surface area contributed by atoms with Crippen LogP contribution >= 0.6 is 22.9 Å². The molecule has 3 rings (SSSR count). The fourth-order valence-corrected chi connectivity index (χ4v) is 3.24. The molecule has 23 heavy (non-hydrogen) atoms. The molecule has 0 aliphatic rings. The van der Waals surface area contributed by atoms with Gasteiger partial charge in [0, 0.05) is 17.0 Å². The number of anilines is 2. The van der Waals surface area contributed by atoms with E-state index in [1.54, 1.807) is 0 Å². The first-order chi connectivity index (χ1) is 11.0. The maximum absolute atomic E-state index is 11.0. The fourth-order valence-electron chi connectivity index (χ4n) is 2.15. The molecule has 0 unspecified atom stereocenters. The van der Waals surface area contributed by atoms with Crippen LogP contribution in [0.2, 0.25) is 5.28 Å². The standard InChI is InChI=1S/C14H11ClN4O3S/c1-7-5-9-12(17-14(15)18-13(9)23-7)16-10-6-8(19(20)21)3-4-11(10)22-2/h3-6H,1-2H3,(H,16,17,18). The summed E-state index contributed by atoms with van der Waals surface area (Å²) < 4.78 is 5.24. The minimum atomic E-state index is -0.470. The highest BCUT2D eigenvalue weighted by atomic mass is 35.5. The number of hydrogen-bond acceptors (Lipinski definition) is 7. The first kappa shape index (κ1) is 15.4. The summed E-state index contributed by atoms with van der Waals surface area (Å²) >= 11 is 7.45. The Morgan fingerprint density at radius 1 is 1.35 bits per heavy atom. The number of nitro benzene ring substituents is 1. The molecule has 1 N–H and O–H groups in total. The van der Waals surface area contributed by atoms with E-state index in [-0.39, 0.29) is 11.0 Å². The molecule has 1 aromatic carbocycles. The number of halogens is 1. The Labute approximate surface area is 140 Å². The number of aryl methyl sites for hydroxylation is 1. The highest BCUT2D eigenvalue weighted by molar-refractivity contribution is 7.18. The van der Waals surface area contributed by atoms with Crippen LogP contribution < -0.4 is 10.1 Å². The van der Waals surface area contributed by atoms with Gasteiger partial charge in [0.1, 0.15) is 16.4 Å². The van der Waals surface area contributed by atoms with Crippen molar-refractivity contribution in [2.24, 2.45) is 0 Å². The molecule has 7 nitrogen and oxygen atoms in total. The molecule has 0 aliphatic carbocycles. The highest BCUT2D eigenvalue weighted by Gasteiger charge is 2.15. The van der Waals surface area contributed by atoms with Crippen LogP contribution in [0.3, 0.4) is 0 Å². The number of nitrogens with one attached hydrogen (secondary N) is 1. The molecule has 0 aliphatic heterocycles. The minimum Gasteiger partial charge on any atom is -0.495 e. The van der Waals surface area contributed by atoms with Crippen LogP contribution in [-0.2, 0) is 0 Å². The second kappa shape index (κ2) is 5.98. The number of benzene rings is 1. The van der Waals surface area contributed by atoms with E-state index < -0.39 is 4.92 Å². The smallest absolute Gasteiger partial charge is 0.271 e. The van der Waals surface area contributed by atoms with Crippen molar-refractivity contribution < 1.29 is 9.66 Å². The number of non-ortho nitro benzene ring substituents is 1. The normalized spacial score (nSPS) is 10.7. The second-order valence-corrected chi connectivity index (χ2v) is 6.26. The number of nitrogens with zero attached hydrogens (tertiary/aromatic N) is 3. The molecule has 2 heterocycles. The topological polar surface area (TPSA) is 90.2 Å². The van der Waals surface area contributed by atoms with E-state index in [1.165, 1.54) is 36.6 Å². The molecule has 118 valence electrons. The van der Waals surface area contributed by atoms with Crippen molar-refractivity contribution in [1.82, 2.24) is 9.97 Å². The molecule has 0 saturated carbocycles. The van der Waals surface area contributed by atoms with Crippen LogP contribution in [0.25, 0.3) is 10.2 Å². The van der Waals surface area contributed by atoms with Gasteiger partial charge >= 0.3 is 0 Å². The van der Waals surface area contributed by atoms with E-state index in [0.717, 1.165) is 15.1 Å². The highest BCUT2D eigenvalue weighted by Crippen LogP contribution is 2.35. The van der Waals surface area contributed by atoms with Crippen molar-refractivity contribution in [2.75, 3.05) is 12.4 Å². The van der Waals surface area contributed by atoms with Gasteiger partial charge in [-0.25, -0.2) is 4.98 Å². The van der Waals surface area contributed by atoms with Crippen LogP contribution in [0, 0.1) is 17.0 Å². The summed E-state index contributed by atoms with van der Waals surface area (Å²) in [6.45, 7) is 1.96. The Kier molecular flexibility index (Phi) is 4.01. The molecular formula is C14H11ClN4O3S. The summed E-state index contributed by atoms with van der Waals surface area (Å²) in [5.41, 5.74) is 0.382. The third kappa shape index (κ3) is 3.03. The van der Waals surface area contributed by atoms with Crippen molar-refractivity contribution >= 4 is 50.3 Å². The van der Waals surface area contributed by atoms with Gasteiger partial charge < -0.3 is 10.1 Å². The second-order valence-electron chi connectivity index (χ2n) is 4.68. The number of hydrogen-bond donors (Lipinski definition) is 1. The summed E-state index contributed by atoms with van der Waals surface area (Å²) in [6.07, 6.45) is 0. The molecule has 0 radical (unpaired) electrons. The third-order valence-electron chi connectivity index (χ3n) is 3.14. The predicted octanol–water partition coefficient (Wildman–Crippen LogP) is 4.31. The number of ether oxygens (including phenoxy) is 1. The zero-order valence-electron chi connectivity index (χ0n) is 12.2. The van der Waals surface area contributed by atoms with Crippen LogP contribution in [0.1, 0.15) is 4.88 Å². The average Bonchev–Trinajstić information content (AvgIpc) is 2.87. The van der Waals surface area contributed by atoms with Gasteiger partial charge in [-0.3, -0.25) is 10.1 Å². The molecule has 0 fully saturated rings. The van der Waals surface area contributed by atoms with Crippen molar-refractivity contribution in [3.8, 4) is 5.75 Å². The van der Waals surface area contributed by atoms with Crippen LogP contribution in [0.5, 0.6) is 5.75 Å². The zero-order chi connectivity index (χ0) is 16.6. The van der Waals surface area contributed by atoms with Gasteiger partial charge in [-0.1, -0.05) is 0 Å². The Balaban J connectivity index is 2.11. The molecule has 0 saturated heterocycles. The summed E-state index contributed by atoms with van der Waals surface area (Å²) in [4.78, 5) is 20.7. The van der Waals surface area contributed by atoms with Crippen LogP contribution in [0.15, 0.2) is 24.3 Å². The molecule has 9 heteroatoms. The number of aromatic nitrogens is 2. The predicted molar refractivity (Wildman–Crippen MR) is 90.1 cm³/mol. The molecule has 3 aromatic rings. The largest absolute Gasteiger partial charge is 0.495 e. The lowest BCUT2D eigenvalue weighted by Crippen LogP contribution is -1.99. The SMILES string of the molecule is COc1ccc([N+](=O)[O-])cc1Nc1nc(Cl)nc2sc(C)cc12. The first-order valence-corrected chi connectivity index (χ1v) is 7.70. The number of rotatable bonds is 4. The maximum Gasteiger partial charge on any atom is 0.271 e. The van der Waals surface area contributed by atoms with Gasteiger partial charge in [0.05, 0.1) is 23.1 Å². The third-order valence-corrected chi connectivity index (χ3v) is 4.25. The Morgan fingerprint density at radius 3 is 2.83 bits per heavy atom. The lowest BCUT2D eigenvalue weighted by atomic mass is 10.2. The molecule has 2 aromatic heterocycles. The van der Waals surface area contributed by atoms with E-state index in [1.807, 2.05) is 13.0 Å². The summed E-state index contributed by atoms with van der Waals surface area (Å²) in [5, 5.41) is 14.9. The molecule has 0 amide bonds. The fraction of sp³-hybridized carbons (Fsp3) is 0.143.